The Hall–Kier alpha value is -7.36. The lowest BCUT2D eigenvalue weighted by Gasteiger charge is -2.27. The Labute approximate surface area is 318 Å². The molecule has 0 unspecified atom stereocenters. The number of rotatable bonds is 6. The molecule has 0 saturated heterocycles. The summed E-state index contributed by atoms with van der Waals surface area (Å²) in [6, 6.07) is 73.7. The van der Waals surface area contributed by atoms with Crippen molar-refractivity contribution in [3.8, 4) is 27.9 Å². The number of furan rings is 1. The van der Waals surface area contributed by atoms with Gasteiger partial charge in [0.2, 0.25) is 0 Å². The van der Waals surface area contributed by atoms with Crippen LogP contribution in [0, 0.1) is 0 Å². The lowest BCUT2D eigenvalue weighted by molar-refractivity contribution is 0.669. The lowest BCUT2D eigenvalue weighted by Crippen LogP contribution is -2.10. The summed E-state index contributed by atoms with van der Waals surface area (Å²) in [7, 11) is 0. The number of benzene rings is 9. The molecule has 0 amide bonds. The normalized spacial score (nSPS) is 11.6. The fraction of sp³-hybridized carbons (Fsp3) is 0. The molecule has 0 radical (unpaired) electrons. The Morgan fingerprint density at radius 1 is 0.400 bits per heavy atom. The molecule has 11 rings (SSSR count). The highest BCUT2D eigenvalue weighted by atomic mass is 16.3. The fourth-order valence-electron chi connectivity index (χ4n) is 8.51. The zero-order valence-electron chi connectivity index (χ0n) is 29.9. The molecule has 0 aliphatic heterocycles. The van der Waals surface area contributed by atoms with E-state index in [2.05, 4.69) is 216 Å². The van der Waals surface area contributed by atoms with E-state index in [1.807, 2.05) is 0 Å². The summed E-state index contributed by atoms with van der Waals surface area (Å²) in [6.07, 6.45) is 0. The number of fused-ring (bicyclic) bond motifs is 8. The van der Waals surface area contributed by atoms with Gasteiger partial charge in [0.15, 0.2) is 0 Å². The van der Waals surface area contributed by atoms with E-state index >= 15 is 0 Å². The van der Waals surface area contributed by atoms with E-state index in [0.29, 0.717) is 0 Å². The van der Waals surface area contributed by atoms with Crippen LogP contribution in [-0.4, -0.2) is 4.57 Å². The van der Waals surface area contributed by atoms with E-state index < -0.39 is 0 Å². The van der Waals surface area contributed by atoms with Crippen LogP contribution in [0.2, 0.25) is 0 Å². The maximum atomic E-state index is 6.79. The van der Waals surface area contributed by atoms with Crippen LogP contribution in [0.1, 0.15) is 0 Å². The molecule has 0 aliphatic rings. The molecule has 0 atom stereocenters. The smallest absolute Gasteiger partial charge is 0.136 e. The molecule has 0 bridgehead atoms. The Morgan fingerprint density at radius 3 is 1.87 bits per heavy atom. The Balaban J connectivity index is 1.12. The third-order valence-electron chi connectivity index (χ3n) is 11.0. The molecule has 0 spiro atoms. The maximum absolute atomic E-state index is 6.79. The Kier molecular flexibility index (Phi) is 7.17. The molecule has 0 fully saturated rings. The molecular formula is C52H34N2O. The van der Waals surface area contributed by atoms with Crippen molar-refractivity contribution in [2.75, 3.05) is 4.90 Å². The first kappa shape index (κ1) is 31.2. The summed E-state index contributed by atoms with van der Waals surface area (Å²) < 4.78 is 9.19. The van der Waals surface area contributed by atoms with Gasteiger partial charge in [0, 0.05) is 49.6 Å². The first-order valence-electron chi connectivity index (χ1n) is 18.8. The van der Waals surface area contributed by atoms with Gasteiger partial charge in [-0.1, -0.05) is 140 Å². The van der Waals surface area contributed by atoms with Gasteiger partial charge >= 0.3 is 0 Å². The topological polar surface area (TPSA) is 21.3 Å². The van der Waals surface area contributed by atoms with Crippen LogP contribution in [0.4, 0.5) is 17.1 Å². The second kappa shape index (κ2) is 12.6. The lowest BCUT2D eigenvalue weighted by atomic mass is 9.98. The van der Waals surface area contributed by atoms with E-state index in [4.69, 9.17) is 4.42 Å². The molecule has 11 aromatic rings. The fourth-order valence-corrected chi connectivity index (χ4v) is 8.51. The molecule has 0 N–H and O–H groups in total. The molecule has 258 valence electrons. The number of hydrogen-bond acceptors (Lipinski definition) is 2. The molecule has 3 nitrogen and oxygen atoms in total. The van der Waals surface area contributed by atoms with E-state index in [1.54, 1.807) is 0 Å². The van der Waals surface area contributed by atoms with E-state index in [9.17, 15) is 0 Å². The summed E-state index contributed by atoms with van der Waals surface area (Å²) >= 11 is 0. The van der Waals surface area contributed by atoms with Crippen molar-refractivity contribution in [1.82, 2.24) is 4.57 Å². The molecule has 55 heavy (non-hydrogen) atoms. The number of hydrogen-bond donors (Lipinski definition) is 0. The number of para-hydroxylation sites is 4. The predicted molar refractivity (Wildman–Crippen MR) is 231 cm³/mol. The van der Waals surface area contributed by atoms with E-state index in [1.165, 1.54) is 38.5 Å². The summed E-state index contributed by atoms with van der Waals surface area (Å²) in [5.41, 5.74) is 13.2. The van der Waals surface area contributed by atoms with Gasteiger partial charge < -0.3 is 13.9 Å². The third-order valence-corrected chi connectivity index (χ3v) is 11.0. The highest BCUT2D eigenvalue weighted by Crippen LogP contribution is 2.46. The number of nitrogens with zero attached hydrogens (tertiary/aromatic N) is 2. The largest absolute Gasteiger partial charge is 0.456 e. The summed E-state index contributed by atoms with van der Waals surface area (Å²) in [5.74, 6) is 0. The highest BCUT2D eigenvalue weighted by molar-refractivity contribution is 6.24. The minimum Gasteiger partial charge on any atom is -0.456 e. The Bertz CT molecular complexity index is 3180. The van der Waals surface area contributed by atoms with Gasteiger partial charge in [-0.3, -0.25) is 0 Å². The van der Waals surface area contributed by atoms with E-state index in [0.717, 1.165) is 61.0 Å². The van der Waals surface area contributed by atoms with Gasteiger partial charge in [-0.05, 0) is 88.8 Å². The summed E-state index contributed by atoms with van der Waals surface area (Å²) in [4.78, 5) is 2.37. The third kappa shape index (κ3) is 5.05. The van der Waals surface area contributed by atoms with Crippen LogP contribution >= 0.6 is 0 Å². The highest BCUT2D eigenvalue weighted by Gasteiger charge is 2.21. The molecule has 0 saturated carbocycles. The van der Waals surface area contributed by atoms with Crippen LogP contribution in [0.3, 0.4) is 0 Å². The van der Waals surface area contributed by atoms with Crippen LogP contribution in [0.15, 0.2) is 211 Å². The molecule has 3 heteroatoms. The van der Waals surface area contributed by atoms with Crippen molar-refractivity contribution in [2.45, 2.75) is 0 Å². The van der Waals surface area contributed by atoms with Crippen molar-refractivity contribution in [1.29, 1.82) is 0 Å². The standard InChI is InChI=1S/C52H34N2O/c1-4-14-35(15-5-1)36-26-30-41(31-27-36)53(39-17-6-2-7-18-39)47-25-12-16-37-29-33-48-51(50(37)47)45-32-28-38(34-49(45)55-48)42-22-13-23-44-43-21-10-11-24-46(43)54(52(42)44)40-19-8-3-9-20-40/h1-34H. The molecule has 9 aromatic carbocycles. The van der Waals surface area contributed by atoms with Crippen LogP contribution in [0.25, 0.3) is 82.5 Å². The average Bonchev–Trinajstić information content (AvgIpc) is 3.81. The van der Waals surface area contributed by atoms with Gasteiger partial charge in [-0.2, -0.15) is 0 Å². The summed E-state index contributed by atoms with van der Waals surface area (Å²) in [6.45, 7) is 0. The van der Waals surface area contributed by atoms with Crippen LogP contribution < -0.4 is 4.90 Å². The van der Waals surface area contributed by atoms with Crippen LogP contribution in [0.5, 0.6) is 0 Å². The van der Waals surface area contributed by atoms with Crippen molar-refractivity contribution in [2.24, 2.45) is 0 Å². The second-order valence-electron chi connectivity index (χ2n) is 14.1. The number of aromatic nitrogens is 1. The maximum Gasteiger partial charge on any atom is 0.136 e. The van der Waals surface area contributed by atoms with Crippen molar-refractivity contribution < 1.29 is 4.42 Å². The molecule has 0 aliphatic carbocycles. The van der Waals surface area contributed by atoms with Crippen molar-refractivity contribution >= 4 is 71.6 Å². The van der Waals surface area contributed by atoms with E-state index in [-0.39, 0.29) is 0 Å². The van der Waals surface area contributed by atoms with Gasteiger partial charge in [0.25, 0.3) is 0 Å². The number of anilines is 3. The first-order valence-corrected chi connectivity index (χ1v) is 18.8. The zero-order chi connectivity index (χ0) is 36.3. The molecule has 2 heterocycles. The van der Waals surface area contributed by atoms with Crippen molar-refractivity contribution in [3.63, 3.8) is 0 Å². The zero-order valence-corrected chi connectivity index (χ0v) is 29.9. The second-order valence-corrected chi connectivity index (χ2v) is 14.1. The predicted octanol–water partition coefficient (Wildman–Crippen LogP) is 14.6. The first-order chi connectivity index (χ1) is 27.3. The quantitative estimate of drug-likeness (QED) is 0.172. The monoisotopic (exact) mass is 702 g/mol. The molecular weight excluding hydrogens is 669 g/mol. The van der Waals surface area contributed by atoms with Crippen molar-refractivity contribution in [3.05, 3.63) is 206 Å². The minimum atomic E-state index is 0.868. The molecule has 2 aromatic heterocycles. The Morgan fingerprint density at radius 2 is 1.05 bits per heavy atom. The minimum absolute atomic E-state index is 0.868. The SMILES string of the molecule is c1ccc(-c2ccc(N(c3ccccc3)c3cccc4ccc5oc6cc(-c7cccc8c9ccccc9n(-c9ccccc9)c78)ccc6c5c34)cc2)cc1. The van der Waals surface area contributed by atoms with Gasteiger partial charge in [0.05, 0.1) is 16.7 Å². The average molecular weight is 703 g/mol. The van der Waals surface area contributed by atoms with Crippen LogP contribution in [-0.2, 0) is 0 Å². The van der Waals surface area contributed by atoms with Gasteiger partial charge in [-0.15, -0.1) is 0 Å². The summed E-state index contributed by atoms with van der Waals surface area (Å²) in [5, 5.41) is 7.01. The van der Waals surface area contributed by atoms with Gasteiger partial charge in [0.1, 0.15) is 11.2 Å². The van der Waals surface area contributed by atoms with Gasteiger partial charge in [-0.25, -0.2) is 0 Å².